The number of hydrogen-bond acceptors (Lipinski definition) is 4. The van der Waals surface area contributed by atoms with Crippen LogP contribution >= 0.6 is 0 Å². The molecule has 0 radical (unpaired) electrons. The van der Waals surface area contributed by atoms with Gasteiger partial charge in [-0.3, -0.25) is 9.59 Å². The standard InChI is InChI=1S/C14H23N5O2/c1-5-14(4)13(21)18(8-12(20)17-14)7-11-15-9-16-19(11)6-10(2)3/h9-10H,5-8H2,1-4H3,(H,17,20). The van der Waals surface area contributed by atoms with E-state index in [1.54, 1.807) is 16.5 Å². The molecule has 1 N–H and O–H groups in total. The number of hydrogen-bond donors (Lipinski definition) is 1. The summed E-state index contributed by atoms with van der Waals surface area (Å²) in [6, 6.07) is 0. The Morgan fingerprint density at radius 2 is 2.14 bits per heavy atom. The predicted octanol–water partition coefficient (Wildman–Crippen LogP) is 0.561. The van der Waals surface area contributed by atoms with Crippen LogP contribution in [0.15, 0.2) is 6.33 Å². The van der Waals surface area contributed by atoms with Crippen molar-refractivity contribution in [3.63, 3.8) is 0 Å². The van der Waals surface area contributed by atoms with Crippen molar-refractivity contribution in [3.05, 3.63) is 12.2 Å². The van der Waals surface area contributed by atoms with Crippen LogP contribution < -0.4 is 5.32 Å². The third-order valence-corrected chi connectivity index (χ3v) is 3.78. The van der Waals surface area contributed by atoms with E-state index in [0.717, 1.165) is 6.54 Å². The van der Waals surface area contributed by atoms with Gasteiger partial charge in [0.25, 0.3) is 0 Å². The molecule has 0 saturated carbocycles. The minimum absolute atomic E-state index is 0.0660. The number of aromatic nitrogens is 3. The summed E-state index contributed by atoms with van der Waals surface area (Å²) < 4.78 is 1.80. The summed E-state index contributed by atoms with van der Waals surface area (Å²) in [4.78, 5) is 30.2. The normalized spacial score (nSPS) is 22.8. The highest BCUT2D eigenvalue weighted by Crippen LogP contribution is 2.19. The van der Waals surface area contributed by atoms with Crippen LogP contribution in [0.2, 0.25) is 0 Å². The summed E-state index contributed by atoms with van der Waals surface area (Å²) in [5.74, 6) is 0.953. The van der Waals surface area contributed by atoms with Gasteiger partial charge in [0, 0.05) is 6.54 Å². The lowest BCUT2D eigenvalue weighted by Crippen LogP contribution is -2.64. The zero-order chi connectivity index (χ0) is 15.6. The number of amides is 2. The van der Waals surface area contributed by atoms with E-state index in [-0.39, 0.29) is 18.4 Å². The molecule has 21 heavy (non-hydrogen) atoms. The van der Waals surface area contributed by atoms with Gasteiger partial charge in [-0.25, -0.2) is 9.67 Å². The number of nitrogens with one attached hydrogen (secondary N) is 1. The molecule has 1 aromatic rings. The van der Waals surface area contributed by atoms with Gasteiger partial charge in [0.1, 0.15) is 24.2 Å². The monoisotopic (exact) mass is 293 g/mol. The Balaban J connectivity index is 2.17. The van der Waals surface area contributed by atoms with E-state index < -0.39 is 5.54 Å². The summed E-state index contributed by atoms with van der Waals surface area (Å²) in [5.41, 5.74) is -0.821. The quantitative estimate of drug-likeness (QED) is 0.860. The highest BCUT2D eigenvalue weighted by atomic mass is 16.2. The molecule has 1 aromatic heterocycles. The van der Waals surface area contributed by atoms with Crippen LogP contribution in [0.3, 0.4) is 0 Å². The molecule has 7 heteroatoms. The molecule has 2 heterocycles. The lowest BCUT2D eigenvalue weighted by molar-refractivity contribution is -0.150. The Bertz CT molecular complexity index is 539. The Kier molecular flexibility index (Phi) is 4.29. The molecular weight excluding hydrogens is 270 g/mol. The zero-order valence-corrected chi connectivity index (χ0v) is 13.1. The van der Waals surface area contributed by atoms with Gasteiger partial charge in [0.15, 0.2) is 0 Å². The summed E-state index contributed by atoms with van der Waals surface area (Å²) >= 11 is 0. The van der Waals surface area contributed by atoms with Crippen LogP contribution in [0.4, 0.5) is 0 Å². The Morgan fingerprint density at radius 1 is 1.43 bits per heavy atom. The van der Waals surface area contributed by atoms with E-state index in [0.29, 0.717) is 24.7 Å². The molecule has 0 spiro atoms. The van der Waals surface area contributed by atoms with E-state index in [1.165, 1.54) is 6.33 Å². The van der Waals surface area contributed by atoms with Crippen LogP contribution in [0.25, 0.3) is 0 Å². The average Bonchev–Trinajstić information content (AvgIpc) is 2.82. The fraction of sp³-hybridized carbons (Fsp3) is 0.714. The number of carbonyl (C=O) groups excluding carboxylic acids is 2. The molecule has 1 aliphatic heterocycles. The number of piperazine rings is 1. The maximum absolute atomic E-state index is 12.5. The van der Waals surface area contributed by atoms with Crippen molar-refractivity contribution in [1.29, 1.82) is 0 Å². The molecule has 7 nitrogen and oxygen atoms in total. The Morgan fingerprint density at radius 3 is 2.76 bits per heavy atom. The van der Waals surface area contributed by atoms with Crippen LogP contribution in [0.5, 0.6) is 0 Å². The largest absolute Gasteiger partial charge is 0.340 e. The molecular formula is C14H23N5O2. The van der Waals surface area contributed by atoms with Crippen molar-refractivity contribution >= 4 is 11.8 Å². The van der Waals surface area contributed by atoms with E-state index in [2.05, 4.69) is 29.2 Å². The smallest absolute Gasteiger partial charge is 0.248 e. The highest BCUT2D eigenvalue weighted by molar-refractivity contribution is 5.97. The summed E-state index contributed by atoms with van der Waals surface area (Å²) in [6.45, 7) is 8.98. The van der Waals surface area contributed by atoms with Gasteiger partial charge in [-0.2, -0.15) is 5.10 Å². The van der Waals surface area contributed by atoms with Crippen LogP contribution in [-0.4, -0.2) is 43.6 Å². The number of rotatable bonds is 5. The molecule has 116 valence electrons. The van der Waals surface area contributed by atoms with Gasteiger partial charge < -0.3 is 10.2 Å². The molecule has 0 aliphatic carbocycles. The maximum atomic E-state index is 12.5. The number of carbonyl (C=O) groups is 2. The van der Waals surface area contributed by atoms with Crippen molar-refractivity contribution in [3.8, 4) is 0 Å². The lowest BCUT2D eigenvalue weighted by Gasteiger charge is -2.39. The zero-order valence-electron chi connectivity index (χ0n) is 13.1. The second-order valence-corrected chi connectivity index (χ2v) is 6.15. The third-order valence-electron chi connectivity index (χ3n) is 3.78. The van der Waals surface area contributed by atoms with Crippen molar-refractivity contribution in [2.24, 2.45) is 5.92 Å². The van der Waals surface area contributed by atoms with Crippen molar-refractivity contribution in [1.82, 2.24) is 25.0 Å². The average molecular weight is 293 g/mol. The van der Waals surface area contributed by atoms with Gasteiger partial charge in [-0.1, -0.05) is 20.8 Å². The first kappa shape index (κ1) is 15.5. The topological polar surface area (TPSA) is 80.1 Å². The first-order valence-electron chi connectivity index (χ1n) is 7.32. The molecule has 0 aromatic carbocycles. The van der Waals surface area contributed by atoms with E-state index >= 15 is 0 Å². The highest BCUT2D eigenvalue weighted by Gasteiger charge is 2.41. The molecule has 2 amide bonds. The summed E-state index contributed by atoms with van der Waals surface area (Å²) in [7, 11) is 0. The minimum atomic E-state index is -0.821. The van der Waals surface area contributed by atoms with Crippen LogP contribution in [0, 0.1) is 5.92 Å². The van der Waals surface area contributed by atoms with Crippen molar-refractivity contribution < 1.29 is 9.59 Å². The van der Waals surface area contributed by atoms with Crippen LogP contribution in [-0.2, 0) is 22.7 Å². The van der Waals surface area contributed by atoms with Gasteiger partial charge in [0.2, 0.25) is 11.8 Å². The van der Waals surface area contributed by atoms with E-state index in [9.17, 15) is 9.59 Å². The van der Waals surface area contributed by atoms with Gasteiger partial charge in [0.05, 0.1) is 6.54 Å². The molecule has 1 atom stereocenters. The summed E-state index contributed by atoms with van der Waals surface area (Å²) in [6.07, 6.45) is 2.05. The van der Waals surface area contributed by atoms with E-state index in [1.807, 2.05) is 6.92 Å². The van der Waals surface area contributed by atoms with Crippen molar-refractivity contribution in [2.75, 3.05) is 6.54 Å². The SMILES string of the molecule is CCC1(C)NC(=O)CN(Cc2ncnn2CC(C)C)C1=O. The van der Waals surface area contributed by atoms with Crippen LogP contribution in [0.1, 0.15) is 39.9 Å². The fourth-order valence-electron chi connectivity index (χ4n) is 2.44. The second kappa shape index (κ2) is 5.83. The number of nitrogens with zero attached hydrogens (tertiary/aromatic N) is 4. The molecule has 0 bridgehead atoms. The van der Waals surface area contributed by atoms with Gasteiger partial charge in [-0.05, 0) is 19.3 Å². The first-order valence-corrected chi connectivity index (χ1v) is 7.32. The Labute approximate surface area is 124 Å². The third kappa shape index (κ3) is 3.22. The lowest BCUT2D eigenvalue weighted by atomic mass is 9.94. The van der Waals surface area contributed by atoms with Gasteiger partial charge in [-0.15, -0.1) is 0 Å². The summed E-state index contributed by atoms with van der Waals surface area (Å²) in [5, 5.41) is 6.97. The molecule has 1 fully saturated rings. The van der Waals surface area contributed by atoms with Gasteiger partial charge >= 0.3 is 0 Å². The molecule has 2 rings (SSSR count). The fourth-order valence-corrected chi connectivity index (χ4v) is 2.44. The second-order valence-electron chi connectivity index (χ2n) is 6.15. The van der Waals surface area contributed by atoms with Crippen molar-refractivity contribution in [2.45, 2.75) is 52.7 Å². The minimum Gasteiger partial charge on any atom is -0.340 e. The van der Waals surface area contributed by atoms with E-state index in [4.69, 9.17) is 0 Å². The first-order chi connectivity index (χ1) is 9.85. The molecule has 1 saturated heterocycles. The molecule has 1 unspecified atom stereocenters. The molecule has 1 aliphatic rings. The maximum Gasteiger partial charge on any atom is 0.248 e. The Hall–Kier alpha value is -1.92. The predicted molar refractivity (Wildman–Crippen MR) is 77.1 cm³/mol.